The Morgan fingerprint density at radius 2 is 1.97 bits per heavy atom. The van der Waals surface area contributed by atoms with Crippen LogP contribution in [-0.2, 0) is 6.54 Å². The van der Waals surface area contributed by atoms with E-state index in [2.05, 4.69) is 10.2 Å². The van der Waals surface area contributed by atoms with E-state index in [1.54, 1.807) is 15.9 Å². The second kappa shape index (κ2) is 8.65. The maximum Gasteiger partial charge on any atom is 0.263 e. The topological polar surface area (TPSA) is 73.8 Å². The van der Waals surface area contributed by atoms with Crippen molar-refractivity contribution in [1.82, 2.24) is 19.7 Å². The van der Waals surface area contributed by atoms with Crippen molar-refractivity contribution in [1.29, 1.82) is 0 Å². The lowest BCUT2D eigenvalue weighted by Gasteiger charge is -2.12. The molecule has 0 saturated carbocycles. The average molecular weight is 481 g/mol. The molecule has 32 heavy (non-hydrogen) atoms. The van der Waals surface area contributed by atoms with Crippen LogP contribution in [0.2, 0.25) is 0 Å². The van der Waals surface area contributed by atoms with E-state index in [0.717, 1.165) is 20.8 Å². The minimum Gasteiger partial charge on any atom is -0.419 e. The number of thioether (sulfide) groups is 1. The lowest BCUT2D eigenvalue weighted by atomic mass is 10.1. The van der Waals surface area contributed by atoms with Crippen molar-refractivity contribution in [3.8, 4) is 21.9 Å². The number of nitrogens with zero attached hydrogens (tertiary/aromatic N) is 4. The molecule has 4 aromatic heterocycles. The van der Waals surface area contributed by atoms with Crippen LogP contribution in [0.5, 0.6) is 0 Å². The molecule has 9 heteroatoms. The summed E-state index contributed by atoms with van der Waals surface area (Å²) in [7, 11) is 0. The van der Waals surface area contributed by atoms with Crippen molar-refractivity contribution in [3.05, 3.63) is 69.0 Å². The van der Waals surface area contributed by atoms with Gasteiger partial charge in [-0.2, -0.15) is 0 Å². The molecule has 5 rings (SSSR count). The standard InChI is InChI=1S/C23H20N4O2S3/c1-4-27-22(28)18-16(17-6-5-11-30-17)12-31-21(18)24-23(27)32-14(3)19-25-26-20(29-19)15-9-7-13(2)8-10-15/h5-12,14H,4H2,1-3H3. The minimum atomic E-state index is -0.152. The molecule has 0 aliphatic carbocycles. The molecule has 1 atom stereocenters. The summed E-state index contributed by atoms with van der Waals surface area (Å²) in [6, 6.07) is 12.0. The van der Waals surface area contributed by atoms with Crippen LogP contribution in [0.1, 0.15) is 30.6 Å². The quantitative estimate of drug-likeness (QED) is 0.206. The smallest absolute Gasteiger partial charge is 0.263 e. The number of fused-ring (bicyclic) bond motifs is 1. The Kier molecular flexibility index (Phi) is 5.71. The van der Waals surface area contributed by atoms with E-state index in [4.69, 9.17) is 9.40 Å². The second-order valence-electron chi connectivity index (χ2n) is 7.32. The molecule has 1 unspecified atom stereocenters. The molecule has 0 amide bonds. The van der Waals surface area contributed by atoms with Crippen molar-refractivity contribution in [2.45, 2.75) is 37.7 Å². The van der Waals surface area contributed by atoms with Gasteiger partial charge in [-0.15, -0.1) is 32.9 Å². The fourth-order valence-corrected chi connectivity index (χ4v) is 6.21. The van der Waals surface area contributed by atoms with Crippen LogP contribution in [0.3, 0.4) is 0 Å². The zero-order valence-electron chi connectivity index (χ0n) is 17.7. The van der Waals surface area contributed by atoms with Gasteiger partial charge in [-0.3, -0.25) is 9.36 Å². The Balaban J connectivity index is 1.47. The van der Waals surface area contributed by atoms with Gasteiger partial charge in [-0.1, -0.05) is 35.5 Å². The molecular formula is C23H20N4O2S3. The molecule has 0 saturated heterocycles. The van der Waals surface area contributed by atoms with Crippen LogP contribution >= 0.6 is 34.4 Å². The highest BCUT2D eigenvalue weighted by molar-refractivity contribution is 7.99. The predicted molar refractivity (Wildman–Crippen MR) is 132 cm³/mol. The summed E-state index contributed by atoms with van der Waals surface area (Å²) in [5.41, 5.74) is 3.01. The average Bonchev–Trinajstić information content (AvgIpc) is 3.54. The van der Waals surface area contributed by atoms with Gasteiger partial charge in [0.15, 0.2) is 5.16 Å². The van der Waals surface area contributed by atoms with Gasteiger partial charge in [-0.25, -0.2) is 4.98 Å². The van der Waals surface area contributed by atoms with Crippen LogP contribution in [-0.4, -0.2) is 19.7 Å². The molecule has 162 valence electrons. The number of rotatable bonds is 6. The highest BCUT2D eigenvalue weighted by Gasteiger charge is 2.22. The number of aromatic nitrogens is 4. The molecule has 0 aliphatic rings. The number of aryl methyl sites for hydroxylation is 1. The molecule has 0 aliphatic heterocycles. The van der Waals surface area contributed by atoms with E-state index in [9.17, 15) is 4.79 Å². The first-order valence-corrected chi connectivity index (χ1v) is 12.8. The fraction of sp³-hybridized carbons (Fsp3) is 0.217. The minimum absolute atomic E-state index is 0.0114. The molecule has 0 N–H and O–H groups in total. The highest BCUT2D eigenvalue weighted by atomic mass is 32.2. The number of hydrogen-bond acceptors (Lipinski definition) is 8. The summed E-state index contributed by atoms with van der Waals surface area (Å²) in [6.07, 6.45) is 0. The molecule has 4 heterocycles. The van der Waals surface area contributed by atoms with Gasteiger partial charge in [-0.05, 0) is 44.4 Å². The molecule has 5 aromatic rings. The summed E-state index contributed by atoms with van der Waals surface area (Å²) in [5, 5.41) is 13.7. The first kappa shape index (κ1) is 21.1. The molecule has 6 nitrogen and oxygen atoms in total. The zero-order chi connectivity index (χ0) is 22.2. The van der Waals surface area contributed by atoms with Crippen LogP contribution in [0, 0.1) is 6.92 Å². The lowest BCUT2D eigenvalue weighted by Crippen LogP contribution is -2.22. The Morgan fingerprint density at radius 1 is 1.16 bits per heavy atom. The van der Waals surface area contributed by atoms with Crippen LogP contribution in [0.15, 0.2) is 61.5 Å². The van der Waals surface area contributed by atoms with Crippen molar-refractivity contribution in [2.24, 2.45) is 0 Å². The van der Waals surface area contributed by atoms with Gasteiger partial charge < -0.3 is 4.42 Å². The van der Waals surface area contributed by atoms with Gasteiger partial charge in [0, 0.05) is 27.9 Å². The summed E-state index contributed by atoms with van der Waals surface area (Å²) in [4.78, 5) is 20.0. The van der Waals surface area contributed by atoms with Gasteiger partial charge in [0.1, 0.15) is 4.83 Å². The van der Waals surface area contributed by atoms with Crippen LogP contribution in [0.4, 0.5) is 0 Å². The molecular weight excluding hydrogens is 460 g/mol. The van der Waals surface area contributed by atoms with Gasteiger partial charge in [0.2, 0.25) is 11.8 Å². The summed E-state index contributed by atoms with van der Waals surface area (Å²) < 4.78 is 7.66. The van der Waals surface area contributed by atoms with E-state index >= 15 is 0 Å². The predicted octanol–water partition coefficient (Wildman–Crippen LogP) is 6.42. The first-order chi connectivity index (χ1) is 15.5. The number of hydrogen-bond donors (Lipinski definition) is 0. The van der Waals surface area contributed by atoms with Crippen LogP contribution in [0.25, 0.3) is 32.1 Å². The Morgan fingerprint density at radius 3 is 2.69 bits per heavy atom. The van der Waals surface area contributed by atoms with Crippen molar-refractivity contribution in [2.75, 3.05) is 0 Å². The SMILES string of the molecule is CCn1c(SC(C)c2nnc(-c3ccc(C)cc3)o2)nc2scc(-c3cccs3)c2c1=O. The zero-order valence-corrected chi connectivity index (χ0v) is 20.2. The normalized spacial score (nSPS) is 12.5. The second-order valence-corrected chi connectivity index (χ2v) is 10.4. The van der Waals surface area contributed by atoms with E-state index in [1.807, 2.05) is 67.9 Å². The van der Waals surface area contributed by atoms with Crippen LogP contribution < -0.4 is 5.56 Å². The largest absolute Gasteiger partial charge is 0.419 e. The van der Waals surface area contributed by atoms with Crippen molar-refractivity contribution < 1.29 is 4.42 Å². The number of thiophene rings is 2. The Labute approximate surface area is 197 Å². The number of benzene rings is 1. The highest BCUT2D eigenvalue weighted by Crippen LogP contribution is 2.37. The van der Waals surface area contributed by atoms with Gasteiger partial charge >= 0.3 is 0 Å². The summed E-state index contributed by atoms with van der Waals surface area (Å²) in [5.74, 6) is 0.996. The van der Waals surface area contributed by atoms with E-state index in [-0.39, 0.29) is 10.8 Å². The summed E-state index contributed by atoms with van der Waals surface area (Å²) in [6.45, 7) is 6.52. The Hall–Kier alpha value is -2.75. The fourth-order valence-electron chi connectivity index (χ4n) is 3.41. The van der Waals surface area contributed by atoms with E-state index in [0.29, 0.717) is 28.9 Å². The molecule has 0 bridgehead atoms. The van der Waals surface area contributed by atoms with Crippen molar-refractivity contribution >= 4 is 44.7 Å². The maximum absolute atomic E-state index is 13.4. The molecule has 0 fully saturated rings. The lowest BCUT2D eigenvalue weighted by molar-refractivity contribution is 0.508. The van der Waals surface area contributed by atoms with Gasteiger partial charge in [0.05, 0.1) is 10.6 Å². The van der Waals surface area contributed by atoms with Crippen molar-refractivity contribution in [3.63, 3.8) is 0 Å². The van der Waals surface area contributed by atoms with E-state index < -0.39 is 0 Å². The summed E-state index contributed by atoms with van der Waals surface area (Å²) >= 11 is 4.59. The first-order valence-electron chi connectivity index (χ1n) is 10.2. The maximum atomic E-state index is 13.4. The molecule has 0 spiro atoms. The van der Waals surface area contributed by atoms with E-state index in [1.165, 1.54) is 28.7 Å². The Bertz CT molecular complexity index is 1430. The monoisotopic (exact) mass is 480 g/mol. The third-order valence-corrected chi connectivity index (χ3v) is 7.98. The third kappa shape index (κ3) is 3.80. The molecule has 0 radical (unpaired) electrons. The van der Waals surface area contributed by atoms with Gasteiger partial charge in [0.25, 0.3) is 5.56 Å². The third-order valence-electron chi connectivity index (χ3n) is 5.13. The molecule has 1 aromatic carbocycles.